The quantitative estimate of drug-likeness (QED) is 0.797. The second-order valence-corrected chi connectivity index (χ2v) is 4.66. The Balaban J connectivity index is 2.29. The van der Waals surface area contributed by atoms with Crippen LogP contribution < -0.4 is 0 Å². The van der Waals surface area contributed by atoms with Crippen molar-refractivity contribution in [2.45, 2.75) is 45.1 Å². The normalized spacial score (nSPS) is 17.8. The molecule has 1 aromatic carbocycles. The fraction of sp³-hybridized carbons (Fsp3) is 0.538. The van der Waals surface area contributed by atoms with Crippen molar-refractivity contribution >= 4 is 0 Å². The van der Waals surface area contributed by atoms with Gasteiger partial charge in [0, 0.05) is 6.42 Å². The van der Waals surface area contributed by atoms with E-state index in [2.05, 4.69) is 0 Å². The van der Waals surface area contributed by atoms with Crippen molar-refractivity contribution in [2.24, 2.45) is 0 Å². The number of phenolic OH excluding ortho intramolecular Hbond substituents is 1. The molecule has 0 bridgehead atoms. The van der Waals surface area contributed by atoms with E-state index in [4.69, 9.17) is 0 Å². The number of aryl methyl sites for hydroxylation is 2. The standard InChI is InChI=1S/C13H18O2/c1-3-10-7-11(8-13(15)4-5-13)9(2)6-12(10)14/h6-7,14-15H,3-5,8H2,1-2H3. The molecule has 0 spiro atoms. The van der Waals surface area contributed by atoms with Crippen LogP contribution in [-0.2, 0) is 12.8 Å². The van der Waals surface area contributed by atoms with Crippen molar-refractivity contribution in [3.8, 4) is 5.75 Å². The predicted octanol–water partition coefficient (Wildman–Crippen LogP) is 2.33. The van der Waals surface area contributed by atoms with Crippen molar-refractivity contribution in [3.05, 3.63) is 28.8 Å². The van der Waals surface area contributed by atoms with Gasteiger partial charge in [-0.05, 0) is 48.9 Å². The summed E-state index contributed by atoms with van der Waals surface area (Å²) in [4.78, 5) is 0. The highest BCUT2D eigenvalue weighted by Gasteiger charge is 2.40. The van der Waals surface area contributed by atoms with Gasteiger partial charge in [-0.3, -0.25) is 0 Å². The molecule has 1 aliphatic rings. The Labute approximate surface area is 90.6 Å². The van der Waals surface area contributed by atoms with Crippen molar-refractivity contribution in [2.75, 3.05) is 0 Å². The molecule has 0 amide bonds. The molecule has 2 N–H and O–H groups in total. The number of hydrogen-bond acceptors (Lipinski definition) is 2. The number of phenols is 1. The minimum Gasteiger partial charge on any atom is -0.508 e. The number of rotatable bonds is 3. The number of hydrogen-bond donors (Lipinski definition) is 2. The molecule has 0 aromatic heterocycles. The van der Waals surface area contributed by atoms with Gasteiger partial charge >= 0.3 is 0 Å². The monoisotopic (exact) mass is 206 g/mol. The van der Waals surface area contributed by atoms with Crippen LogP contribution in [0.15, 0.2) is 12.1 Å². The van der Waals surface area contributed by atoms with Gasteiger partial charge in [0.05, 0.1) is 5.60 Å². The zero-order valence-corrected chi connectivity index (χ0v) is 9.38. The lowest BCUT2D eigenvalue weighted by molar-refractivity contribution is 0.150. The van der Waals surface area contributed by atoms with Gasteiger partial charge < -0.3 is 10.2 Å². The van der Waals surface area contributed by atoms with Gasteiger partial charge in [0.1, 0.15) is 5.75 Å². The molecule has 1 aliphatic carbocycles. The highest BCUT2D eigenvalue weighted by atomic mass is 16.3. The minimum atomic E-state index is -0.452. The molecule has 2 heteroatoms. The van der Waals surface area contributed by atoms with Crippen molar-refractivity contribution < 1.29 is 10.2 Å². The fourth-order valence-corrected chi connectivity index (χ4v) is 1.94. The van der Waals surface area contributed by atoms with E-state index in [-0.39, 0.29) is 0 Å². The van der Waals surface area contributed by atoms with E-state index < -0.39 is 5.60 Å². The lowest BCUT2D eigenvalue weighted by atomic mass is 9.97. The molecule has 0 heterocycles. The first kappa shape index (κ1) is 10.5. The predicted molar refractivity (Wildman–Crippen MR) is 60.1 cm³/mol. The van der Waals surface area contributed by atoms with Crippen LogP contribution in [0, 0.1) is 6.92 Å². The van der Waals surface area contributed by atoms with Crippen LogP contribution in [-0.4, -0.2) is 15.8 Å². The van der Waals surface area contributed by atoms with Crippen LogP contribution in [0.5, 0.6) is 5.75 Å². The molecule has 2 rings (SSSR count). The van der Waals surface area contributed by atoms with Crippen LogP contribution in [0.25, 0.3) is 0 Å². The van der Waals surface area contributed by atoms with Gasteiger partial charge in [0.15, 0.2) is 0 Å². The maximum absolute atomic E-state index is 9.88. The summed E-state index contributed by atoms with van der Waals surface area (Å²) < 4.78 is 0. The van der Waals surface area contributed by atoms with Crippen LogP contribution in [0.3, 0.4) is 0 Å². The number of aliphatic hydroxyl groups is 1. The van der Waals surface area contributed by atoms with Crippen molar-refractivity contribution in [1.82, 2.24) is 0 Å². The van der Waals surface area contributed by atoms with Gasteiger partial charge in [-0.25, -0.2) is 0 Å². The van der Waals surface area contributed by atoms with Crippen molar-refractivity contribution in [1.29, 1.82) is 0 Å². The Morgan fingerprint density at radius 3 is 2.47 bits per heavy atom. The summed E-state index contributed by atoms with van der Waals surface area (Å²) in [6, 6.07) is 3.83. The Morgan fingerprint density at radius 2 is 1.93 bits per heavy atom. The first-order chi connectivity index (χ1) is 7.04. The Morgan fingerprint density at radius 1 is 1.27 bits per heavy atom. The summed E-state index contributed by atoms with van der Waals surface area (Å²) in [6.07, 6.45) is 3.38. The lowest BCUT2D eigenvalue weighted by Crippen LogP contribution is -2.12. The average molecular weight is 206 g/mol. The lowest BCUT2D eigenvalue weighted by Gasteiger charge is -2.13. The number of benzene rings is 1. The number of aromatic hydroxyl groups is 1. The Kier molecular flexibility index (Phi) is 2.47. The van der Waals surface area contributed by atoms with E-state index in [1.165, 1.54) is 5.56 Å². The minimum absolute atomic E-state index is 0.376. The third-order valence-electron chi connectivity index (χ3n) is 3.26. The maximum Gasteiger partial charge on any atom is 0.119 e. The Bertz CT molecular complexity index is 378. The summed E-state index contributed by atoms with van der Waals surface area (Å²) in [5, 5.41) is 19.5. The van der Waals surface area contributed by atoms with E-state index in [0.29, 0.717) is 5.75 Å². The molecule has 0 atom stereocenters. The molecule has 0 unspecified atom stereocenters. The first-order valence-corrected chi connectivity index (χ1v) is 5.58. The maximum atomic E-state index is 9.88. The van der Waals surface area contributed by atoms with E-state index in [0.717, 1.165) is 36.8 Å². The summed E-state index contributed by atoms with van der Waals surface area (Å²) in [6.45, 7) is 4.01. The third-order valence-corrected chi connectivity index (χ3v) is 3.26. The molecular weight excluding hydrogens is 188 g/mol. The molecule has 2 nitrogen and oxygen atoms in total. The Hall–Kier alpha value is -1.02. The highest BCUT2D eigenvalue weighted by Crippen LogP contribution is 2.39. The average Bonchev–Trinajstić information content (AvgIpc) is 2.89. The molecule has 1 saturated carbocycles. The second-order valence-electron chi connectivity index (χ2n) is 4.66. The van der Waals surface area contributed by atoms with Gasteiger partial charge in [-0.1, -0.05) is 13.0 Å². The van der Waals surface area contributed by atoms with Crippen LogP contribution in [0.1, 0.15) is 36.5 Å². The van der Waals surface area contributed by atoms with Crippen molar-refractivity contribution in [3.63, 3.8) is 0 Å². The van der Waals surface area contributed by atoms with Crippen LogP contribution in [0.4, 0.5) is 0 Å². The zero-order chi connectivity index (χ0) is 11.1. The van der Waals surface area contributed by atoms with E-state index >= 15 is 0 Å². The van der Waals surface area contributed by atoms with Crippen LogP contribution >= 0.6 is 0 Å². The molecule has 15 heavy (non-hydrogen) atoms. The molecule has 82 valence electrons. The summed E-state index contributed by atoms with van der Waals surface area (Å²) in [5.41, 5.74) is 2.77. The molecule has 0 saturated heterocycles. The molecule has 0 aliphatic heterocycles. The largest absolute Gasteiger partial charge is 0.508 e. The van der Waals surface area contributed by atoms with Gasteiger partial charge in [-0.15, -0.1) is 0 Å². The first-order valence-electron chi connectivity index (χ1n) is 5.58. The summed E-state index contributed by atoms with van der Waals surface area (Å²) >= 11 is 0. The van der Waals surface area contributed by atoms with E-state index in [1.807, 2.05) is 19.9 Å². The molecule has 0 radical (unpaired) electrons. The summed E-state index contributed by atoms with van der Waals surface area (Å²) in [5.74, 6) is 0.376. The van der Waals surface area contributed by atoms with Gasteiger partial charge in [0.2, 0.25) is 0 Å². The smallest absolute Gasteiger partial charge is 0.119 e. The van der Waals surface area contributed by atoms with Gasteiger partial charge in [0.25, 0.3) is 0 Å². The van der Waals surface area contributed by atoms with Crippen LogP contribution in [0.2, 0.25) is 0 Å². The SMILES string of the molecule is CCc1cc(CC2(O)CC2)c(C)cc1O. The molecule has 1 fully saturated rings. The second kappa shape index (κ2) is 3.53. The van der Waals surface area contributed by atoms with Gasteiger partial charge in [-0.2, -0.15) is 0 Å². The summed E-state index contributed by atoms with van der Waals surface area (Å²) in [7, 11) is 0. The molecule has 1 aromatic rings. The molecular formula is C13H18O2. The van der Waals surface area contributed by atoms with E-state index in [9.17, 15) is 10.2 Å². The third kappa shape index (κ3) is 2.15. The van der Waals surface area contributed by atoms with E-state index in [1.54, 1.807) is 6.07 Å². The topological polar surface area (TPSA) is 40.5 Å². The fourth-order valence-electron chi connectivity index (χ4n) is 1.94. The highest BCUT2D eigenvalue weighted by molar-refractivity contribution is 5.42. The zero-order valence-electron chi connectivity index (χ0n) is 9.38.